The third kappa shape index (κ3) is 4.12. The minimum Gasteiger partial charge on any atom is -0.382 e. The highest BCUT2D eigenvalue weighted by molar-refractivity contribution is 7.18. The first-order valence-corrected chi connectivity index (χ1v) is 8.21. The molecule has 1 heterocycles. The van der Waals surface area contributed by atoms with Crippen molar-refractivity contribution in [1.82, 2.24) is 4.98 Å². The van der Waals surface area contributed by atoms with Crippen molar-refractivity contribution in [2.75, 3.05) is 16.4 Å². The number of halogens is 3. The molecule has 0 aliphatic heterocycles. The molecule has 0 unspecified atom stereocenters. The Kier molecular flexibility index (Phi) is 4.81. The Hall–Kier alpha value is -3.07. The van der Waals surface area contributed by atoms with E-state index in [0.717, 1.165) is 29.2 Å². The molecular weight excluding hydrogens is 365 g/mol. The van der Waals surface area contributed by atoms with Gasteiger partial charge in [-0.05, 0) is 36.4 Å². The third-order valence-corrected chi connectivity index (χ3v) is 4.34. The van der Waals surface area contributed by atoms with E-state index in [4.69, 9.17) is 5.73 Å². The number of anilines is 4. The standard InChI is InChI=1S/C17H13F3N4OS/c18-17(19,20)10-6-8-12(9-7-10)22-15(25)13-14(21)24-16(26-13)23-11-4-2-1-3-5-11/h1-9H,21H2,(H,22,25)(H,23,24). The van der Waals surface area contributed by atoms with E-state index in [1.807, 2.05) is 30.3 Å². The first-order valence-electron chi connectivity index (χ1n) is 7.40. The number of hydrogen-bond acceptors (Lipinski definition) is 5. The summed E-state index contributed by atoms with van der Waals surface area (Å²) in [7, 11) is 0. The molecule has 0 saturated carbocycles. The van der Waals surface area contributed by atoms with Crippen LogP contribution in [0.4, 0.5) is 35.5 Å². The number of aromatic nitrogens is 1. The second kappa shape index (κ2) is 7.04. The monoisotopic (exact) mass is 378 g/mol. The van der Waals surface area contributed by atoms with Crippen LogP contribution in [0, 0.1) is 0 Å². The second-order valence-electron chi connectivity index (χ2n) is 5.25. The SMILES string of the molecule is Nc1nc(Nc2ccccc2)sc1C(=O)Nc1ccc(C(F)(F)F)cc1. The van der Waals surface area contributed by atoms with Crippen LogP contribution >= 0.6 is 11.3 Å². The Morgan fingerprint density at radius 1 is 1.00 bits per heavy atom. The van der Waals surface area contributed by atoms with Crippen molar-refractivity contribution in [3.63, 3.8) is 0 Å². The minimum atomic E-state index is -4.43. The summed E-state index contributed by atoms with van der Waals surface area (Å²) in [5, 5.41) is 5.98. The number of carbonyl (C=O) groups is 1. The fourth-order valence-electron chi connectivity index (χ4n) is 2.12. The molecule has 0 atom stereocenters. The molecule has 9 heteroatoms. The van der Waals surface area contributed by atoms with E-state index in [-0.39, 0.29) is 16.4 Å². The molecule has 134 valence electrons. The highest BCUT2D eigenvalue weighted by atomic mass is 32.1. The summed E-state index contributed by atoms with van der Waals surface area (Å²) < 4.78 is 37.7. The van der Waals surface area contributed by atoms with Crippen LogP contribution in [0.25, 0.3) is 0 Å². The number of para-hydroxylation sites is 1. The van der Waals surface area contributed by atoms with Crippen molar-refractivity contribution in [3.8, 4) is 0 Å². The van der Waals surface area contributed by atoms with E-state index in [0.29, 0.717) is 5.13 Å². The van der Waals surface area contributed by atoms with Gasteiger partial charge in [-0.2, -0.15) is 13.2 Å². The third-order valence-electron chi connectivity index (χ3n) is 3.35. The van der Waals surface area contributed by atoms with Gasteiger partial charge in [0.2, 0.25) is 0 Å². The van der Waals surface area contributed by atoms with Gasteiger partial charge < -0.3 is 16.4 Å². The van der Waals surface area contributed by atoms with Gasteiger partial charge in [-0.1, -0.05) is 29.5 Å². The predicted octanol–water partition coefficient (Wildman–Crippen LogP) is 4.74. The van der Waals surface area contributed by atoms with Crippen LogP contribution in [0.5, 0.6) is 0 Å². The van der Waals surface area contributed by atoms with Crippen LogP contribution < -0.4 is 16.4 Å². The van der Waals surface area contributed by atoms with E-state index in [2.05, 4.69) is 15.6 Å². The topological polar surface area (TPSA) is 80.0 Å². The number of nitrogens with one attached hydrogen (secondary N) is 2. The average Bonchev–Trinajstić information content (AvgIpc) is 2.96. The molecule has 4 N–H and O–H groups in total. The Morgan fingerprint density at radius 3 is 2.27 bits per heavy atom. The lowest BCUT2D eigenvalue weighted by Crippen LogP contribution is -2.12. The zero-order valence-corrected chi connectivity index (χ0v) is 14.0. The molecule has 5 nitrogen and oxygen atoms in total. The number of amides is 1. The minimum absolute atomic E-state index is 0.0397. The van der Waals surface area contributed by atoms with Gasteiger partial charge in [-0.15, -0.1) is 0 Å². The molecule has 0 aliphatic carbocycles. The summed E-state index contributed by atoms with van der Waals surface area (Å²) in [6.45, 7) is 0. The first kappa shape index (κ1) is 17.7. The van der Waals surface area contributed by atoms with E-state index in [9.17, 15) is 18.0 Å². The molecule has 3 aromatic rings. The van der Waals surface area contributed by atoms with E-state index >= 15 is 0 Å². The molecule has 2 aromatic carbocycles. The lowest BCUT2D eigenvalue weighted by atomic mass is 10.2. The van der Waals surface area contributed by atoms with Crippen molar-refractivity contribution < 1.29 is 18.0 Å². The lowest BCUT2D eigenvalue weighted by Gasteiger charge is -2.08. The molecule has 26 heavy (non-hydrogen) atoms. The van der Waals surface area contributed by atoms with Gasteiger partial charge in [-0.25, -0.2) is 4.98 Å². The predicted molar refractivity (Wildman–Crippen MR) is 95.6 cm³/mol. The van der Waals surface area contributed by atoms with Gasteiger partial charge in [-0.3, -0.25) is 4.79 Å². The van der Waals surface area contributed by atoms with Gasteiger partial charge >= 0.3 is 6.18 Å². The normalized spacial score (nSPS) is 11.2. The summed E-state index contributed by atoms with van der Waals surface area (Å²) in [5.74, 6) is -0.501. The largest absolute Gasteiger partial charge is 0.416 e. The van der Waals surface area contributed by atoms with Gasteiger partial charge in [0.15, 0.2) is 5.13 Å². The van der Waals surface area contributed by atoms with E-state index < -0.39 is 17.6 Å². The van der Waals surface area contributed by atoms with Crippen LogP contribution in [0.1, 0.15) is 15.2 Å². The fraction of sp³-hybridized carbons (Fsp3) is 0.0588. The highest BCUT2D eigenvalue weighted by Crippen LogP contribution is 2.31. The average molecular weight is 378 g/mol. The number of nitrogens with zero attached hydrogens (tertiary/aromatic N) is 1. The summed E-state index contributed by atoms with van der Waals surface area (Å²) in [4.78, 5) is 16.6. The van der Waals surface area contributed by atoms with Crippen molar-refractivity contribution >= 4 is 39.6 Å². The summed E-state index contributed by atoms with van der Waals surface area (Å²) in [5.41, 5.74) is 6.01. The van der Waals surface area contributed by atoms with Crippen LogP contribution in [-0.4, -0.2) is 10.9 Å². The zero-order valence-electron chi connectivity index (χ0n) is 13.2. The molecule has 3 rings (SSSR count). The number of thiazole rings is 1. The maximum atomic E-state index is 12.6. The van der Waals surface area contributed by atoms with E-state index in [1.54, 1.807) is 0 Å². The Bertz CT molecular complexity index is 908. The summed E-state index contributed by atoms with van der Waals surface area (Å²) >= 11 is 1.05. The molecule has 0 aliphatic rings. The Labute approximate surface area is 150 Å². The number of hydrogen-bond donors (Lipinski definition) is 3. The quantitative estimate of drug-likeness (QED) is 0.613. The number of nitrogen functional groups attached to an aromatic ring is 1. The Morgan fingerprint density at radius 2 is 1.65 bits per heavy atom. The van der Waals surface area contributed by atoms with Crippen molar-refractivity contribution in [1.29, 1.82) is 0 Å². The number of carbonyl (C=O) groups excluding carboxylic acids is 1. The summed E-state index contributed by atoms with van der Waals surface area (Å²) in [6.07, 6.45) is -4.43. The van der Waals surface area contributed by atoms with Crippen LogP contribution in [-0.2, 0) is 6.18 Å². The molecule has 0 radical (unpaired) electrons. The maximum absolute atomic E-state index is 12.6. The lowest BCUT2D eigenvalue weighted by molar-refractivity contribution is -0.137. The molecule has 0 spiro atoms. The molecule has 1 aromatic heterocycles. The zero-order chi connectivity index (χ0) is 18.7. The smallest absolute Gasteiger partial charge is 0.382 e. The molecule has 0 saturated heterocycles. The molecular formula is C17H13F3N4OS. The van der Waals surface area contributed by atoms with Crippen LogP contribution in [0.2, 0.25) is 0 Å². The number of rotatable bonds is 4. The molecule has 0 bridgehead atoms. The maximum Gasteiger partial charge on any atom is 0.416 e. The highest BCUT2D eigenvalue weighted by Gasteiger charge is 2.30. The van der Waals surface area contributed by atoms with Gasteiger partial charge in [0.05, 0.1) is 5.56 Å². The number of nitrogens with two attached hydrogens (primary N) is 1. The first-order chi connectivity index (χ1) is 12.3. The summed E-state index contributed by atoms with van der Waals surface area (Å²) in [6, 6.07) is 13.4. The van der Waals surface area contributed by atoms with E-state index in [1.165, 1.54) is 12.1 Å². The fourth-order valence-corrected chi connectivity index (χ4v) is 2.92. The van der Waals surface area contributed by atoms with Gasteiger partial charge in [0, 0.05) is 11.4 Å². The number of alkyl halides is 3. The number of benzene rings is 2. The van der Waals surface area contributed by atoms with Crippen molar-refractivity contribution in [2.24, 2.45) is 0 Å². The second-order valence-corrected chi connectivity index (χ2v) is 6.25. The molecule has 1 amide bonds. The van der Waals surface area contributed by atoms with Crippen molar-refractivity contribution in [3.05, 3.63) is 65.0 Å². The van der Waals surface area contributed by atoms with Crippen molar-refractivity contribution in [2.45, 2.75) is 6.18 Å². The Balaban J connectivity index is 1.72. The molecule has 0 fully saturated rings. The van der Waals surface area contributed by atoms with Gasteiger partial charge in [0.1, 0.15) is 10.7 Å². The van der Waals surface area contributed by atoms with Crippen LogP contribution in [0.15, 0.2) is 54.6 Å². The van der Waals surface area contributed by atoms with Gasteiger partial charge in [0.25, 0.3) is 5.91 Å². The van der Waals surface area contributed by atoms with Crippen LogP contribution in [0.3, 0.4) is 0 Å².